The number of aliphatic hydroxyl groups is 2. The van der Waals surface area contributed by atoms with Crippen LogP contribution in [0.25, 0.3) is 87.9 Å². The number of fused-ring (bicyclic) bond motifs is 5. The first-order valence-electron chi connectivity index (χ1n) is 46.3. The van der Waals surface area contributed by atoms with Gasteiger partial charge in [0.1, 0.15) is 44.2 Å². The zero-order valence-corrected chi connectivity index (χ0v) is 91.2. The number of hydrogen-bond donors (Lipinski definition) is 3. The highest BCUT2D eigenvalue weighted by molar-refractivity contribution is 9.11. The number of ether oxygens (including phenoxy) is 7. The van der Waals surface area contributed by atoms with Gasteiger partial charge in [-0.15, -0.1) is 0 Å². The van der Waals surface area contributed by atoms with Crippen molar-refractivity contribution >= 4 is 145 Å². The minimum atomic E-state index is -1.10. The lowest BCUT2D eigenvalue weighted by atomic mass is 9.88. The Hall–Kier alpha value is -9.72. The van der Waals surface area contributed by atoms with Crippen LogP contribution in [-0.2, 0) is 52.3 Å². The maximum absolute atomic E-state index is 12.6. The molecule has 3 N–H and O–H groups in total. The summed E-state index contributed by atoms with van der Waals surface area (Å²) in [6.07, 6.45) is -3.25. The standard InChI is InChI=1S/C28H34ClNO3.C23H24ClNO3.C23H26ClNO2.C22H30BrNO3.C18H22BrNO3/c1-17-15-22-21(14-9-18(2)30-22)25(19-10-12-20(29)13-11-19)24(17)23(33-28(6,7)8)16-32-26(31)27(3,4)5;1-13-12-18-17(11-6-14(2)25-18)20(15-7-9-16(24)10-8-15)19(13)21(22(26)27)28-23(3,4)5;1-14-12-19-18(11-6-15(2)25-19)22(16-7-9-17(24)10-8-16)21(14)20(13-26)27-23(3,4)5;1-13-11-16-15(10-9-14(2)24-16)19(23)18(13)17(27-22(6,7)8)12-26-20(25)21(3,4)5;1-10-8-13-12(7-6-11(2)20-13)16(19)15(10)14(21)9-23-17(22)18(3,4)5/h9-15,23H,16H2,1-8H3;6-12,21H,1-5H3,(H,26,27);6-12,20,26H,13H2,1-5H3;9-11,17H,12H2,1-8H3;6-8,14,21H,9H2,1-5H3/t23-;21-;20-;17-;14-/m10111/s1. The van der Waals surface area contributed by atoms with Crippen molar-refractivity contribution < 1.29 is 67.7 Å². The molecule has 736 valence electrons. The fourth-order valence-corrected chi connectivity index (χ4v) is 18.1. The summed E-state index contributed by atoms with van der Waals surface area (Å²) >= 11 is 25.7. The van der Waals surface area contributed by atoms with E-state index in [1.54, 1.807) is 32.9 Å². The van der Waals surface area contributed by atoms with Crippen LogP contribution in [0.5, 0.6) is 0 Å². The van der Waals surface area contributed by atoms with Crippen molar-refractivity contribution in [1.29, 1.82) is 0 Å². The number of carboxylic acid groups (broad SMARTS) is 1. The third kappa shape index (κ3) is 30.2. The van der Waals surface area contributed by atoms with Crippen LogP contribution in [0.3, 0.4) is 0 Å². The van der Waals surface area contributed by atoms with Gasteiger partial charge in [0.2, 0.25) is 0 Å². The van der Waals surface area contributed by atoms with Gasteiger partial charge in [0.25, 0.3) is 0 Å². The fourth-order valence-electron chi connectivity index (χ4n) is 15.9. The third-order valence-corrected chi connectivity index (χ3v) is 24.5. The first-order chi connectivity index (χ1) is 63.9. The molecule has 24 heteroatoms. The van der Waals surface area contributed by atoms with Crippen molar-refractivity contribution in [2.45, 2.75) is 268 Å². The van der Waals surface area contributed by atoms with Gasteiger partial charge in [-0.25, -0.2) is 4.79 Å². The van der Waals surface area contributed by atoms with E-state index in [0.29, 0.717) is 20.6 Å². The van der Waals surface area contributed by atoms with Crippen LogP contribution < -0.4 is 0 Å². The average molecular weight is 2070 g/mol. The van der Waals surface area contributed by atoms with E-state index in [9.17, 15) is 34.5 Å². The highest BCUT2D eigenvalue weighted by Crippen LogP contribution is 2.47. The highest BCUT2D eigenvalue weighted by Gasteiger charge is 2.37. The largest absolute Gasteiger partial charge is 0.479 e. The number of carbonyl (C=O) groups is 4. The Labute approximate surface area is 846 Å². The normalized spacial score (nSPS) is 13.2. The lowest BCUT2D eigenvalue weighted by Crippen LogP contribution is -2.30. The van der Waals surface area contributed by atoms with E-state index in [4.69, 9.17) is 77.9 Å². The van der Waals surface area contributed by atoms with Crippen molar-refractivity contribution in [3.8, 4) is 33.4 Å². The number of nitrogens with zero attached hydrogens (tertiary/aromatic N) is 5. The zero-order valence-electron chi connectivity index (χ0n) is 85.8. The number of aromatic nitrogens is 5. The first kappa shape index (κ1) is 112. The topological polar surface area (TPSA) is 258 Å². The Morgan fingerprint density at radius 2 is 0.558 bits per heavy atom. The van der Waals surface area contributed by atoms with E-state index < -0.39 is 57.8 Å². The van der Waals surface area contributed by atoms with Crippen molar-refractivity contribution in [3.63, 3.8) is 0 Å². The number of rotatable bonds is 20. The van der Waals surface area contributed by atoms with Gasteiger partial charge in [-0.1, -0.05) is 89.4 Å². The molecule has 0 saturated carbocycles. The molecule has 0 fully saturated rings. The summed E-state index contributed by atoms with van der Waals surface area (Å²) in [5.74, 6) is -1.85. The second-order valence-electron chi connectivity index (χ2n) is 42.3. The Bertz CT molecular complexity index is 6580. The Kier molecular flexibility index (Phi) is 37.2. The molecule has 5 aromatic heterocycles. The minimum Gasteiger partial charge on any atom is -0.479 e. The van der Waals surface area contributed by atoms with E-state index in [-0.39, 0.29) is 61.6 Å². The third-order valence-electron chi connectivity index (χ3n) is 22.0. The summed E-state index contributed by atoms with van der Waals surface area (Å²) in [7, 11) is 0. The predicted octanol–water partition coefficient (Wildman–Crippen LogP) is 30.0. The molecule has 0 aliphatic heterocycles. The average Bonchev–Trinajstić information content (AvgIpc) is 0.755. The van der Waals surface area contributed by atoms with E-state index in [0.717, 1.165) is 175 Å². The van der Waals surface area contributed by atoms with E-state index in [1.165, 1.54) is 0 Å². The number of carboxylic acids is 1. The molecule has 0 radical (unpaired) electrons. The summed E-state index contributed by atoms with van der Waals surface area (Å²) in [5, 5.41) is 37.5. The van der Waals surface area contributed by atoms with Gasteiger partial charge in [0.05, 0.1) is 72.8 Å². The molecule has 5 atom stereocenters. The van der Waals surface area contributed by atoms with Gasteiger partial charge >= 0.3 is 23.9 Å². The Morgan fingerprint density at radius 3 is 0.848 bits per heavy atom. The molecule has 0 aliphatic carbocycles. The molecule has 0 aliphatic rings. The number of aliphatic carboxylic acids is 1. The maximum atomic E-state index is 12.6. The van der Waals surface area contributed by atoms with Crippen LogP contribution in [0.2, 0.25) is 15.1 Å². The fraction of sp³-hybridized carbons (Fsp3) is 0.412. The molecule has 0 spiro atoms. The maximum Gasteiger partial charge on any atom is 0.337 e. The minimum absolute atomic E-state index is 0.0691. The number of benzene rings is 8. The molecule has 0 saturated heterocycles. The van der Waals surface area contributed by atoms with Gasteiger partial charge in [-0.05, 0) is 428 Å². The van der Waals surface area contributed by atoms with Crippen LogP contribution in [0.4, 0.5) is 0 Å². The van der Waals surface area contributed by atoms with Crippen molar-refractivity contribution in [3.05, 3.63) is 272 Å². The monoisotopic (exact) mass is 2060 g/mol. The van der Waals surface area contributed by atoms with E-state index in [1.807, 2.05) is 302 Å². The number of pyridine rings is 5. The van der Waals surface area contributed by atoms with Crippen LogP contribution in [-0.4, -0.2) is 113 Å². The zero-order chi connectivity index (χ0) is 103. The summed E-state index contributed by atoms with van der Waals surface area (Å²) in [6, 6.07) is 53.1. The van der Waals surface area contributed by atoms with Crippen molar-refractivity contribution in [1.82, 2.24) is 24.9 Å². The molecule has 13 rings (SSSR count). The van der Waals surface area contributed by atoms with Gasteiger partial charge < -0.3 is 48.5 Å². The van der Waals surface area contributed by atoms with Gasteiger partial charge in [-0.3, -0.25) is 39.3 Å². The lowest BCUT2D eigenvalue weighted by molar-refractivity contribution is -0.162. The smallest absolute Gasteiger partial charge is 0.337 e. The SMILES string of the molecule is Cc1ccc2c(-c3ccc(Cl)cc3)c([C@@H](CO)OC(C)(C)C)c(C)cc2n1.Cc1ccc2c(-c3ccc(Cl)cc3)c([C@@H](COC(=O)C(C)(C)C)OC(C)(C)C)c(C)cc2n1.Cc1ccc2c(-c3ccc(Cl)cc3)c([C@H](OC(C)(C)C)C(=O)O)c(C)cc2n1.Cc1ccc2c(Br)c([C@@H](COC(=O)C(C)(C)C)OC(C)(C)C)c(C)cc2n1.Cc1ccc2c(Br)c([C@H](O)COC(=O)C(C)(C)C)c(C)cc2n1. The molecule has 138 heavy (non-hydrogen) atoms. The molecule has 8 aromatic carbocycles. The number of esters is 3. The predicted molar refractivity (Wildman–Crippen MR) is 568 cm³/mol. The van der Waals surface area contributed by atoms with Gasteiger partial charge in [0, 0.05) is 96.1 Å². The quantitative estimate of drug-likeness (QED) is 0.0473. The summed E-state index contributed by atoms with van der Waals surface area (Å²) in [4.78, 5) is 72.2. The first-order valence-corrected chi connectivity index (χ1v) is 49.0. The number of hydrogen-bond acceptors (Lipinski definition) is 18. The Balaban J connectivity index is 0.000000194. The molecule has 19 nitrogen and oxygen atoms in total. The molecule has 0 amide bonds. The summed E-state index contributed by atoms with van der Waals surface area (Å²) in [5.41, 5.74) is 20.7. The lowest BCUT2D eigenvalue weighted by Gasteiger charge is -2.31. The molecule has 0 unspecified atom stereocenters. The van der Waals surface area contributed by atoms with E-state index in [2.05, 4.69) is 90.1 Å². The summed E-state index contributed by atoms with van der Waals surface area (Å²) < 4.78 is 43.3. The molecule has 13 aromatic rings. The van der Waals surface area contributed by atoms with Crippen LogP contribution >= 0.6 is 66.7 Å². The number of aryl methyl sites for hydroxylation is 10. The molecule has 0 bridgehead atoms. The van der Waals surface area contributed by atoms with Gasteiger partial charge in [0.15, 0.2) is 6.10 Å². The van der Waals surface area contributed by atoms with Gasteiger partial charge in [-0.2, -0.15) is 0 Å². The number of aliphatic hydroxyl groups excluding tert-OH is 2. The number of halogens is 5. The molecular formula is C114H136Br2Cl3N5O14. The van der Waals surface area contributed by atoms with Crippen LogP contribution in [0.1, 0.15) is 260 Å². The van der Waals surface area contributed by atoms with Crippen LogP contribution in [0, 0.1) is 85.5 Å². The van der Waals surface area contributed by atoms with E-state index >= 15 is 0 Å². The highest BCUT2D eigenvalue weighted by atomic mass is 79.9. The molecular weight excluding hydrogens is 1930 g/mol. The second-order valence-corrected chi connectivity index (χ2v) is 45.2. The van der Waals surface area contributed by atoms with Crippen molar-refractivity contribution in [2.24, 2.45) is 16.2 Å². The summed E-state index contributed by atoms with van der Waals surface area (Å²) in [6.45, 7) is 60.0. The van der Waals surface area contributed by atoms with Crippen molar-refractivity contribution in [2.75, 3.05) is 26.4 Å². The molecule has 5 heterocycles. The number of carbonyl (C=O) groups excluding carboxylic acids is 3. The Morgan fingerprint density at radius 1 is 0.319 bits per heavy atom. The van der Waals surface area contributed by atoms with Crippen LogP contribution in [0.15, 0.2) is 173 Å². The second kappa shape index (κ2) is 45.9.